The first-order chi connectivity index (χ1) is 8.00. The van der Waals surface area contributed by atoms with Crippen LogP contribution in [-0.2, 0) is 4.74 Å². The van der Waals surface area contributed by atoms with E-state index in [1.165, 1.54) is 0 Å². The first-order valence-electron chi connectivity index (χ1n) is 5.88. The average molecular weight is 255 g/mol. The van der Waals surface area contributed by atoms with Gasteiger partial charge >= 0.3 is 0 Å². The molecule has 1 aromatic rings. The third-order valence-electron chi connectivity index (χ3n) is 2.92. The predicted molar refractivity (Wildman–Crippen MR) is 71.7 cm³/mol. The van der Waals surface area contributed by atoms with Crippen LogP contribution in [0, 0.1) is 0 Å². The number of hydrogen-bond donors (Lipinski definition) is 1. The molecular weight excluding hydrogens is 236 g/mol. The van der Waals surface area contributed by atoms with E-state index < -0.39 is 0 Å². The van der Waals surface area contributed by atoms with E-state index >= 15 is 0 Å². The Hall–Kier alpha value is -0.770. The van der Waals surface area contributed by atoms with Crippen molar-refractivity contribution in [2.24, 2.45) is 5.73 Å². The van der Waals surface area contributed by atoms with E-state index in [1.54, 1.807) is 0 Å². The van der Waals surface area contributed by atoms with Crippen LogP contribution in [0.2, 0.25) is 5.02 Å². The van der Waals surface area contributed by atoms with Crippen LogP contribution in [-0.4, -0.2) is 31.3 Å². The Morgan fingerprint density at radius 3 is 2.94 bits per heavy atom. The van der Waals surface area contributed by atoms with Crippen LogP contribution in [0.3, 0.4) is 0 Å². The summed E-state index contributed by atoms with van der Waals surface area (Å²) in [5, 5.41) is 0.760. The summed E-state index contributed by atoms with van der Waals surface area (Å²) < 4.78 is 5.91. The van der Waals surface area contributed by atoms with Crippen LogP contribution in [0.25, 0.3) is 0 Å². The molecule has 17 heavy (non-hydrogen) atoms. The van der Waals surface area contributed by atoms with Gasteiger partial charge in [-0.3, -0.25) is 0 Å². The zero-order valence-electron chi connectivity index (χ0n) is 10.3. The maximum Gasteiger partial charge on any atom is 0.0879 e. The average Bonchev–Trinajstić information content (AvgIpc) is 2.27. The Morgan fingerprint density at radius 2 is 2.29 bits per heavy atom. The molecule has 0 spiro atoms. The molecule has 1 aliphatic heterocycles. The van der Waals surface area contributed by atoms with Gasteiger partial charge in [0, 0.05) is 30.3 Å². The molecule has 1 atom stereocenters. The third-order valence-corrected chi connectivity index (χ3v) is 3.15. The van der Waals surface area contributed by atoms with Crippen LogP contribution < -0.4 is 10.6 Å². The first-order valence-corrected chi connectivity index (χ1v) is 6.26. The van der Waals surface area contributed by atoms with Crippen molar-refractivity contribution in [3.05, 3.63) is 29.3 Å². The number of halogens is 1. The molecule has 2 rings (SSSR count). The van der Waals surface area contributed by atoms with E-state index in [2.05, 4.69) is 24.8 Å². The Bertz CT molecular complexity index is 395. The molecule has 0 radical (unpaired) electrons. The number of hydrogen-bond acceptors (Lipinski definition) is 3. The highest BCUT2D eigenvalue weighted by atomic mass is 35.5. The fourth-order valence-electron chi connectivity index (χ4n) is 2.29. The molecule has 1 aromatic carbocycles. The fourth-order valence-corrected chi connectivity index (χ4v) is 2.47. The molecule has 1 saturated heterocycles. The molecule has 94 valence electrons. The molecule has 0 aliphatic carbocycles. The van der Waals surface area contributed by atoms with Gasteiger partial charge in [-0.25, -0.2) is 0 Å². The topological polar surface area (TPSA) is 38.5 Å². The number of benzene rings is 1. The second-order valence-corrected chi connectivity index (χ2v) is 5.53. The summed E-state index contributed by atoms with van der Waals surface area (Å²) in [6, 6.07) is 7.91. The van der Waals surface area contributed by atoms with E-state index in [0.29, 0.717) is 6.54 Å². The van der Waals surface area contributed by atoms with Crippen LogP contribution in [0.15, 0.2) is 24.3 Å². The van der Waals surface area contributed by atoms with E-state index in [-0.39, 0.29) is 11.7 Å². The molecule has 0 amide bonds. The lowest BCUT2D eigenvalue weighted by Crippen LogP contribution is -2.54. The van der Waals surface area contributed by atoms with Gasteiger partial charge in [0.1, 0.15) is 0 Å². The lowest BCUT2D eigenvalue weighted by molar-refractivity contribution is -0.0788. The Morgan fingerprint density at radius 1 is 1.53 bits per heavy atom. The summed E-state index contributed by atoms with van der Waals surface area (Å²) in [5.41, 5.74) is 6.67. The monoisotopic (exact) mass is 254 g/mol. The molecule has 1 fully saturated rings. The van der Waals surface area contributed by atoms with Crippen molar-refractivity contribution in [1.82, 2.24) is 0 Å². The van der Waals surface area contributed by atoms with Crippen LogP contribution >= 0.6 is 11.6 Å². The predicted octanol–water partition coefficient (Wildman–Crippen LogP) is 2.28. The maximum absolute atomic E-state index is 6.02. The van der Waals surface area contributed by atoms with Gasteiger partial charge < -0.3 is 15.4 Å². The highest BCUT2D eigenvalue weighted by molar-refractivity contribution is 6.30. The van der Waals surface area contributed by atoms with Crippen molar-refractivity contribution < 1.29 is 4.74 Å². The van der Waals surface area contributed by atoms with Crippen LogP contribution in [0.5, 0.6) is 0 Å². The molecule has 3 nitrogen and oxygen atoms in total. The quantitative estimate of drug-likeness (QED) is 0.880. The van der Waals surface area contributed by atoms with Crippen molar-refractivity contribution in [2.45, 2.75) is 25.6 Å². The summed E-state index contributed by atoms with van der Waals surface area (Å²) in [4.78, 5) is 2.28. The molecule has 0 aromatic heterocycles. The summed E-state index contributed by atoms with van der Waals surface area (Å²) in [7, 11) is 0. The summed E-state index contributed by atoms with van der Waals surface area (Å²) in [5.74, 6) is 0. The second-order valence-electron chi connectivity index (χ2n) is 5.10. The number of anilines is 1. The summed E-state index contributed by atoms with van der Waals surface area (Å²) in [6.07, 6.45) is 0.0812. The number of morpholine rings is 1. The molecule has 0 saturated carbocycles. The lowest BCUT2D eigenvalue weighted by atomic mass is 10.0. The highest BCUT2D eigenvalue weighted by Crippen LogP contribution is 2.27. The van der Waals surface area contributed by atoms with Gasteiger partial charge in [0.05, 0.1) is 11.7 Å². The van der Waals surface area contributed by atoms with Gasteiger partial charge in [-0.05, 0) is 32.0 Å². The standard InChI is InChI=1S/C13H19ClN2O/c1-13(2)9-16(8-12(7-15)17-13)11-5-3-4-10(14)6-11/h3-6,12H,7-9,15H2,1-2H3. The molecular formula is C13H19ClN2O. The fraction of sp³-hybridized carbons (Fsp3) is 0.538. The van der Waals surface area contributed by atoms with Crippen molar-refractivity contribution in [3.8, 4) is 0 Å². The smallest absolute Gasteiger partial charge is 0.0879 e. The highest BCUT2D eigenvalue weighted by Gasteiger charge is 2.32. The normalized spacial score (nSPS) is 23.8. The minimum absolute atomic E-state index is 0.0812. The lowest BCUT2D eigenvalue weighted by Gasteiger charge is -2.43. The van der Waals surface area contributed by atoms with Crippen LogP contribution in [0.1, 0.15) is 13.8 Å². The van der Waals surface area contributed by atoms with Gasteiger partial charge in [-0.1, -0.05) is 17.7 Å². The Kier molecular flexibility index (Phi) is 3.61. The van der Waals surface area contributed by atoms with Gasteiger partial charge in [0.15, 0.2) is 0 Å². The number of ether oxygens (including phenoxy) is 1. The maximum atomic E-state index is 6.02. The zero-order valence-corrected chi connectivity index (χ0v) is 11.1. The first kappa shape index (κ1) is 12.7. The molecule has 1 heterocycles. The number of nitrogens with two attached hydrogens (primary N) is 1. The third kappa shape index (κ3) is 3.12. The second kappa shape index (κ2) is 4.84. The minimum Gasteiger partial charge on any atom is -0.367 e. The summed E-state index contributed by atoms with van der Waals surface area (Å²) >= 11 is 6.02. The molecule has 4 heteroatoms. The summed E-state index contributed by atoms with van der Waals surface area (Å²) in [6.45, 7) is 6.39. The molecule has 2 N–H and O–H groups in total. The molecule has 0 bridgehead atoms. The van der Waals surface area contributed by atoms with Crippen molar-refractivity contribution in [2.75, 3.05) is 24.5 Å². The van der Waals surface area contributed by atoms with E-state index in [0.717, 1.165) is 23.8 Å². The van der Waals surface area contributed by atoms with E-state index in [1.807, 2.05) is 18.2 Å². The SMILES string of the molecule is CC1(C)CN(c2cccc(Cl)c2)CC(CN)O1. The van der Waals surface area contributed by atoms with Gasteiger partial charge in [-0.2, -0.15) is 0 Å². The van der Waals surface area contributed by atoms with Gasteiger partial charge in [-0.15, -0.1) is 0 Å². The number of rotatable bonds is 2. The van der Waals surface area contributed by atoms with Crippen molar-refractivity contribution in [3.63, 3.8) is 0 Å². The Labute approximate surface area is 107 Å². The van der Waals surface area contributed by atoms with Crippen molar-refractivity contribution >= 4 is 17.3 Å². The van der Waals surface area contributed by atoms with Gasteiger partial charge in [0.2, 0.25) is 0 Å². The van der Waals surface area contributed by atoms with Gasteiger partial charge in [0.25, 0.3) is 0 Å². The Balaban J connectivity index is 2.20. The molecule has 1 unspecified atom stereocenters. The number of nitrogens with zero attached hydrogens (tertiary/aromatic N) is 1. The molecule has 1 aliphatic rings. The van der Waals surface area contributed by atoms with E-state index in [4.69, 9.17) is 22.1 Å². The van der Waals surface area contributed by atoms with E-state index in [9.17, 15) is 0 Å². The minimum atomic E-state index is -0.176. The van der Waals surface area contributed by atoms with Crippen molar-refractivity contribution in [1.29, 1.82) is 0 Å². The zero-order chi connectivity index (χ0) is 12.5. The largest absolute Gasteiger partial charge is 0.367 e. The van der Waals surface area contributed by atoms with Crippen LogP contribution in [0.4, 0.5) is 5.69 Å².